The fourth-order valence-corrected chi connectivity index (χ4v) is 7.34. The van der Waals surface area contributed by atoms with E-state index in [1.165, 1.54) is 17.7 Å². The van der Waals surface area contributed by atoms with Gasteiger partial charge in [0.05, 0.1) is 16.6 Å². The van der Waals surface area contributed by atoms with Crippen LogP contribution in [-0.4, -0.2) is 12.7 Å². The molecular formula is C33H28FNO2S. The van der Waals surface area contributed by atoms with Crippen molar-refractivity contribution in [3.05, 3.63) is 155 Å². The molecule has 0 aromatic heterocycles. The Labute approximate surface area is 223 Å². The zero-order valence-electron chi connectivity index (χ0n) is 21.1. The Morgan fingerprint density at radius 1 is 0.737 bits per heavy atom. The first kappa shape index (κ1) is 24.4. The van der Waals surface area contributed by atoms with E-state index in [4.69, 9.17) is 0 Å². The van der Waals surface area contributed by atoms with E-state index in [0.29, 0.717) is 6.42 Å². The molecule has 4 aromatic rings. The van der Waals surface area contributed by atoms with Gasteiger partial charge < -0.3 is 0 Å². The maximum Gasteiger partial charge on any atom is 0.264 e. The molecule has 0 radical (unpaired) electrons. The third kappa shape index (κ3) is 4.37. The Morgan fingerprint density at radius 3 is 2.03 bits per heavy atom. The Kier molecular flexibility index (Phi) is 6.24. The molecule has 3 nitrogen and oxygen atoms in total. The van der Waals surface area contributed by atoms with Crippen LogP contribution >= 0.6 is 0 Å². The van der Waals surface area contributed by atoms with E-state index in [1.54, 1.807) is 28.6 Å². The smallest absolute Gasteiger partial charge is 0.258 e. The average Bonchev–Trinajstić information content (AvgIpc) is 3.35. The van der Waals surface area contributed by atoms with Crippen molar-refractivity contribution < 1.29 is 12.8 Å². The van der Waals surface area contributed by atoms with Crippen LogP contribution in [-0.2, 0) is 10.0 Å². The number of allylic oxidation sites excluding steroid dienone is 2. The van der Waals surface area contributed by atoms with Crippen LogP contribution in [0.25, 0.3) is 5.57 Å². The molecule has 1 heterocycles. The predicted molar refractivity (Wildman–Crippen MR) is 149 cm³/mol. The summed E-state index contributed by atoms with van der Waals surface area (Å²) < 4.78 is 44.2. The summed E-state index contributed by atoms with van der Waals surface area (Å²) in [6, 6.07) is 33.1. The van der Waals surface area contributed by atoms with Gasteiger partial charge in [-0.05, 0) is 66.3 Å². The molecule has 0 N–H and O–H groups in total. The fourth-order valence-electron chi connectivity index (χ4n) is 5.63. The first-order chi connectivity index (χ1) is 18.4. The summed E-state index contributed by atoms with van der Waals surface area (Å²) in [6.07, 6.45) is 3.50. The minimum atomic E-state index is -3.92. The first-order valence-electron chi connectivity index (χ1n) is 12.8. The molecule has 4 aromatic carbocycles. The van der Waals surface area contributed by atoms with Crippen molar-refractivity contribution in [1.82, 2.24) is 4.31 Å². The standard InChI is InChI=1S/C33H28FNO2S/c1-23-12-18-30(19-13-23)38(36,37)35-32(26-14-16-29(34)17-15-26)22-28-20-27(24-8-4-2-5-9-24)21-31(33(28)35)25-10-6-3-7-11-25/h2-19,21,27,32H,20,22H2,1H3. The van der Waals surface area contributed by atoms with Crippen molar-refractivity contribution >= 4 is 15.6 Å². The Morgan fingerprint density at radius 2 is 1.37 bits per heavy atom. The minimum Gasteiger partial charge on any atom is -0.258 e. The van der Waals surface area contributed by atoms with Gasteiger partial charge in [-0.1, -0.05) is 96.6 Å². The fraction of sp³-hybridized carbons (Fsp3) is 0.152. The monoisotopic (exact) mass is 521 g/mol. The summed E-state index contributed by atoms with van der Waals surface area (Å²) in [5.41, 5.74) is 6.72. The van der Waals surface area contributed by atoms with E-state index < -0.39 is 16.1 Å². The highest BCUT2D eigenvalue weighted by Gasteiger charge is 2.44. The first-order valence-corrected chi connectivity index (χ1v) is 14.3. The van der Waals surface area contributed by atoms with Crippen LogP contribution in [0.2, 0.25) is 0 Å². The second-order valence-electron chi connectivity index (χ2n) is 10.0. The molecule has 2 unspecified atom stereocenters. The van der Waals surface area contributed by atoms with Gasteiger partial charge in [-0.15, -0.1) is 0 Å². The second kappa shape index (κ2) is 9.73. The molecule has 0 fully saturated rings. The topological polar surface area (TPSA) is 37.4 Å². The summed E-state index contributed by atoms with van der Waals surface area (Å²) in [5, 5.41) is 0. The quantitative estimate of drug-likeness (QED) is 0.269. The summed E-state index contributed by atoms with van der Waals surface area (Å²) in [4.78, 5) is 0.251. The van der Waals surface area contributed by atoms with Gasteiger partial charge in [-0.25, -0.2) is 12.8 Å². The zero-order chi connectivity index (χ0) is 26.3. The summed E-state index contributed by atoms with van der Waals surface area (Å²) >= 11 is 0. The highest BCUT2D eigenvalue weighted by atomic mass is 32.2. The number of benzene rings is 4. The molecular weight excluding hydrogens is 493 g/mol. The summed E-state index contributed by atoms with van der Waals surface area (Å²) in [5.74, 6) is -0.215. The van der Waals surface area contributed by atoms with Crippen molar-refractivity contribution in [1.29, 1.82) is 0 Å². The van der Waals surface area contributed by atoms with E-state index >= 15 is 0 Å². The van der Waals surface area contributed by atoms with Gasteiger partial charge in [0, 0.05) is 11.5 Å². The van der Waals surface area contributed by atoms with Crippen molar-refractivity contribution in [2.24, 2.45) is 0 Å². The van der Waals surface area contributed by atoms with Gasteiger partial charge in [-0.2, -0.15) is 0 Å². The lowest BCUT2D eigenvalue weighted by Crippen LogP contribution is -2.32. The van der Waals surface area contributed by atoms with Crippen LogP contribution in [0.1, 0.15) is 47.1 Å². The number of hydrogen-bond acceptors (Lipinski definition) is 2. The van der Waals surface area contributed by atoms with Crippen LogP contribution < -0.4 is 0 Å². The maximum absolute atomic E-state index is 14.4. The molecule has 0 amide bonds. The molecule has 6 rings (SSSR count). The van der Waals surface area contributed by atoms with Crippen molar-refractivity contribution in [2.75, 3.05) is 0 Å². The van der Waals surface area contributed by atoms with Gasteiger partial charge in [0.25, 0.3) is 10.0 Å². The molecule has 0 saturated carbocycles. The van der Waals surface area contributed by atoms with Crippen LogP contribution in [0.5, 0.6) is 0 Å². The normalized spacial score (nSPS) is 19.3. The summed E-state index contributed by atoms with van der Waals surface area (Å²) in [7, 11) is -3.92. The molecule has 0 bridgehead atoms. The number of rotatable bonds is 5. The van der Waals surface area contributed by atoms with Gasteiger partial charge in [0.15, 0.2) is 0 Å². The molecule has 38 heavy (non-hydrogen) atoms. The molecule has 190 valence electrons. The number of halogens is 1. The highest BCUT2D eigenvalue weighted by Crippen LogP contribution is 2.53. The lowest BCUT2D eigenvalue weighted by atomic mass is 9.81. The minimum absolute atomic E-state index is 0.126. The lowest BCUT2D eigenvalue weighted by Gasteiger charge is -2.32. The third-order valence-electron chi connectivity index (χ3n) is 7.51. The number of aryl methyl sites for hydroxylation is 1. The van der Waals surface area contributed by atoms with Crippen LogP contribution in [0.4, 0.5) is 4.39 Å². The SMILES string of the molecule is Cc1ccc(S(=O)(=O)N2C3=C(CC(c4ccccc4)C=C3c3ccccc3)CC2c2ccc(F)cc2)cc1. The van der Waals surface area contributed by atoms with E-state index in [2.05, 4.69) is 18.2 Å². The predicted octanol–water partition coefficient (Wildman–Crippen LogP) is 7.80. The van der Waals surface area contributed by atoms with E-state index in [9.17, 15) is 12.8 Å². The van der Waals surface area contributed by atoms with Crippen LogP contribution in [0.15, 0.2) is 131 Å². The molecule has 2 atom stereocenters. The average molecular weight is 522 g/mol. The van der Waals surface area contributed by atoms with E-state index in [1.807, 2.05) is 67.6 Å². The number of nitrogens with zero attached hydrogens (tertiary/aromatic N) is 1. The highest BCUT2D eigenvalue weighted by molar-refractivity contribution is 7.89. The van der Waals surface area contributed by atoms with Crippen molar-refractivity contribution in [3.8, 4) is 0 Å². The Balaban J connectivity index is 1.55. The third-order valence-corrected chi connectivity index (χ3v) is 9.34. The Bertz CT molecular complexity index is 1630. The van der Waals surface area contributed by atoms with E-state index in [-0.39, 0.29) is 16.6 Å². The van der Waals surface area contributed by atoms with Crippen molar-refractivity contribution in [3.63, 3.8) is 0 Å². The zero-order valence-corrected chi connectivity index (χ0v) is 21.9. The summed E-state index contributed by atoms with van der Waals surface area (Å²) in [6.45, 7) is 1.94. The molecule has 0 spiro atoms. The molecule has 5 heteroatoms. The van der Waals surface area contributed by atoms with Gasteiger partial charge in [0.1, 0.15) is 5.82 Å². The van der Waals surface area contributed by atoms with Gasteiger partial charge in [0.2, 0.25) is 0 Å². The Hall–Kier alpha value is -3.96. The molecule has 2 aliphatic rings. The van der Waals surface area contributed by atoms with Gasteiger partial charge >= 0.3 is 0 Å². The maximum atomic E-state index is 14.4. The van der Waals surface area contributed by atoms with Crippen LogP contribution in [0.3, 0.4) is 0 Å². The lowest BCUT2D eigenvalue weighted by molar-refractivity contribution is 0.422. The molecule has 1 aliphatic carbocycles. The second-order valence-corrected chi connectivity index (χ2v) is 11.8. The number of hydrogen-bond donors (Lipinski definition) is 0. The van der Waals surface area contributed by atoms with E-state index in [0.717, 1.165) is 40.0 Å². The van der Waals surface area contributed by atoms with Crippen molar-refractivity contribution in [2.45, 2.75) is 36.6 Å². The van der Waals surface area contributed by atoms with Gasteiger partial charge in [-0.3, -0.25) is 4.31 Å². The number of sulfonamides is 1. The van der Waals surface area contributed by atoms with Crippen LogP contribution in [0, 0.1) is 12.7 Å². The largest absolute Gasteiger partial charge is 0.264 e. The molecule has 1 aliphatic heterocycles. The molecule has 0 saturated heterocycles.